The number of alkyl halides is 5. The van der Waals surface area contributed by atoms with Crippen molar-refractivity contribution in [2.45, 2.75) is 12.6 Å². The summed E-state index contributed by atoms with van der Waals surface area (Å²) in [6.45, 7) is -0.653. The number of nitrogens with zero attached hydrogens (tertiary/aromatic N) is 2. The number of hydrogen-bond acceptors (Lipinski definition) is 2. The Balaban J connectivity index is 3.13. The molecule has 0 amide bonds. The van der Waals surface area contributed by atoms with Gasteiger partial charge in [-0.3, -0.25) is 0 Å². The van der Waals surface area contributed by atoms with Gasteiger partial charge in [-0.25, -0.2) is 8.78 Å². The first-order valence-electron chi connectivity index (χ1n) is 4.86. The molecule has 0 aliphatic carbocycles. The molecule has 18 heavy (non-hydrogen) atoms. The van der Waals surface area contributed by atoms with E-state index in [1.54, 1.807) is 6.07 Å². The molecule has 0 fully saturated rings. The van der Waals surface area contributed by atoms with Crippen molar-refractivity contribution in [3.8, 4) is 6.07 Å². The van der Waals surface area contributed by atoms with Crippen molar-refractivity contribution in [2.75, 3.05) is 18.5 Å². The molecule has 1 aromatic carbocycles. The van der Waals surface area contributed by atoms with Crippen LogP contribution < -0.4 is 4.90 Å². The molecule has 0 radical (unpaired) electrons. The fourth-order valence-corrected chi connectivity index (χ4v) is 1.44. The smallest absolute Gasteiger partial charge is 0.368 e. The van der Waals surface area contributed by atoms with Crippen molar-refractivity contribution in [3.63, 3.8) is 0 Å². The zero-order chi connectivity index (χ0) is 13.9. The van der Waals surface area contributed by atoms with E-state index in [2.05, 4.69) is 0 Å². The lowest BCUT2D eigenvalue weighted by Crippen LogP contribution is -2.25. The standard InChI is InChI=1S/C11H9F5N2/c1-18(6-10(12)13)9-3-2-8(11(14,15)16)4-7(9)5-17/h2-4,10H,6H2,1H3. The highest BCUT2D eigenvalue weighted by atomic mass is 19.4. The number of hydrogen-bond donors (Lipinski definition) is 0. The molecule has 1 rings (SSSR count). The summed E-state index contributed by atoms with van der Waals surface area (Å²) in [5, 5.41) is 8.76. The average Bonchev–Trinajstić information content (AvgIpc) is 2.26. The SMILES string of the molecule is CN(CC(F)F)c1ccc(C(F)(F)F)cc1C#N. The van der Waals surface area contributed by atoms with Crippen LogP contribution in [0.5, 0.6) is 0 Å². The van der Waals surface area contributed by atoms with Gasteiger partial charge < -0.3 is 4.90 Å². The van der Waals surface area contributed by atoms with Crippen LogP contribution in [0, 0.1) is 11.3 Å². The summed E-state index contributed by atoms with van der Waals surface area (Å²) in [4.78, 5) is 1.05. The Bertz CT molecular complexity index is 461. The van der Waals surface area contributed by atoms with Crippen molar-refractivity contribution in [3.05, 3.63) is 29.3 Å². The Labute approximate surface area is 100 Å². The molecule has 0 aliphatic rings. The zero-order valence-electron chi connectivity index (χ0n) is 9.30. The highest BCUT2D eigenvalue weighted by molar-refractivity contribution is 5.60. The fourth-order valence-electron chi connectivity index (χ4n) is 1.44. The summed E-state index contributed by atoms with van der Waals surface area (Å²) in [7, 11) is 1.29. The van der Waals surface area contributed by atoms with E-state index in [4.69, 9.17) is 5.26 Å². The van der Waals surface area contributed by atoms with Crippen LogP contribution in [0.1, 0.15) is 11.1 Å². The first-order chi connectivity index (χ1) is 8.25. The first kappa shape index (κ1) is 14.2. The van der Waals surface area contributed by atoms with E-state index in [-0.39, 0.29) is 11.3 Å². The minimum atomic E-state index is -4.56. The summed E-state index contributed by atoms with van der Waals surface area (Å²) in [5.41, 5.74) is -1.22. The predicted molar refractivity (Wildman–Crippen MR) is 55.4 cm³/mol. The van der Waals surface area contributed by atoms with Gasteiger partial charge in [-0.05, 0) is 18.2 Å². The van der Waals surface area contributed by atoms with E-state index < -0.39 is 24.7 Å². The summed E-state index contributed by atoms with van der Waals surface area (Å²) in [6, 6.07) is 4.01. The molecule has 0 spiro atoms. The molecular weight excluding hydrogens is 255 g/mol. The summed E-state index contributed by atoms with van der Waals surface area (Å²) >= 11 is 0. The van der Waals surface area contributed by atoms with E-state index in [1.165, 1.54) is 7.05 Å². The maximum Gasteiger partial charge on any atom is 0.416 e. The molecule has 0 saturated heterocycles. The number of anilines is 1. The Morgan fingerprint density at radius 1 is 1.33 bits per heavy atom. The van der Waals surface area contributed by atoms with E-state index in [0.717, 1.165) is 17.0 Å². The van der Waals surface area contributed by atoms with Gasteiger partial charge in [-0.2, -0.15) is 18.4 Å². The molecule has 0 aliphatic heterocycles. The van der Waals surface area contributed by atoms with Gasteiger partial charge in [0.05, 0.1) is 23.4 Å². The average molecular weight is 264 g/mol. The molecule has 2 nitrogen and oxygen atoms in total. The maximum absolute atomic E-state index is 12.4. The second-order valence-corrected chi connectivity index (χ2v) is 3.61. The minimum absolute atomic E-state index is 0.0470. The lowest BCUT2D eigenvalue weighted by molar-refractivity contribution is -0.137. The second-order valence-electron chi connectivity index (χ2n) is 3.61. The van der Waals surface area contributed by atoms with Crippen molar-refractivity contribution >= 4 is 5.69 Å². The van der Waals surface area contributed by atoms with Gasteiger partial charge in [-0.15, -0.1) is 0 Å². The quantitative estimate of drug-likeness (QED) is 0.783. The van der Waals surface area contributed by atoms with E-state index >= 15 is 0 Å². The van der Waals surface area contributed by atoms with Gasteiger partial charge in [0, 0.05) is 7.05 Å². The topological polar surface area (TPSA) is 27.0 Å². The summed E-state index contributed by atoms with van der Waals surface area (Å²) in [6.07, 6.45) is -7.20. The molecule has 98 valence electrons. The number of rotatable bonds is 3. The van der Waals surface area contributed by atoms with Crippen molar-refractivity contribution in [1.82, 2.24) is 0 Å². The zero-order valence-corrected chi connectivity index (χ0v) is 9.30. The number of benzene rings is 1. The molecule has 0 N–H and O–H groups in total. The maximum atomic E-state index is 12.4. The molecule has 0 bridgehead atoms. The van der Waals surface area contributed by atoms with Crippen molar-refractivity contribution < 1.29 is 22.0 Å². The highest BCUT2D eigenvalue weighted by Gasteiger charge is 2.31. The Kier molecular flexibility index (Phi) is 4.11. The number of nitriles is 1. The van der Waals surface area contributed by atoms with Gasteiger partial charge >= 0.3 is 6.18 Å². The Hall–Kier alpha value is -1.84. The largest absolute Gasteiger partial charge is 0.416 e. The van der Waals surface area contributed by atoms with Crippen LogP contribution in [-0.2, 0) is 6.18 Å². The molecule has 0 aromatic heterocycles. The van der Waals surface area contributed by atoms with Crippen LogP contribution in [-0.4, -0.2) is 20.0 Å². The lowest BCUT2D eigenvalue weighted by Gasteiger charge is -2.20. The molecule has 7 heteroatoms. The van der Waals surface area contributed by atoms with Crippen LogP contribution in [0.25, 0.3) is 0 Å². The van der Waals surface area contributed by atoms with Crippen molar-refractivity contribution in [2.24, 2.45) is 0 Å². The minimum Gasteiger partial charge on any atom is -0.368 e. The molecule has 0 saturated carbocycles. The third-order valence-electron chi connectivity index (χ3n) is 2.27. The predicted octanol–water partition coefficient (Wildman–Crippen LogP) is 3.28. The first-order valence-corrected chi connectivity index (χ1v) is 4.86. The van der Waals surface area contributed by atoms with Gasteiger partial charge in [0.15, 0.2) is 0 Å². The van der Waals surface area contributed by atoms with E-state index in [1.807, 2.05) is 0 Å². The normalized spacial score (nSPS) is 11.4. The van der Waals surface area contributed by atoms with Gasteiger partial charge in [0.2, 0.25) is 0 Å². The van der Waals surface area contributed by atoms with E-state index in [9.17, 15) is 22.0 Å². The Morgan fingerprint density at radius 3 is 2.39 bits per heavy atom. The van der Waals surface area contributed by atoms with Gasteiger partial charge in [0.1, 0.15) is 6.07 Å². The second kappa shape index (κ2) is 5.21. The van der Waals surface area contributed by atoms with Crippen LogP contribution in [0.4, 0.5) is 27.6 Å². The Morgan fingerprint density at radius 2 is 1.94 bits per heavy atom. The monoisotopic (exact) mass is 264 g/mol. The van der Waals surface area contributed by atoms with Gasteiger partial charge in [0.25, 0.3) is 6.43 Å². The lowest BCUT2D eigenvalue weighted by atomic mass is 10.1. The summed E-state index contributed by atoms with van der Waals surface area (Å²) < 4.78 is 61.6. The summed E-state index contributed by atoms with van der Waals surface area (Å²) in [5.74, 6) is 0. The van der Waals surface area contributed by atoms with Crippen LogP contribution in [0.2, 0.25) is 0 Å². The third-order valence-corrected chi connectivity index (χ3v) is 2.27. The highest BCUT2D eigenvalue weighted by Crippen LogP contribution is 2.32. The van der Waals surface area contributed by atoms with Crippen molar-refractivity contribution in [1.29, 1.82) is 5.26 Å². The van der Waals surface area contributed by atoms with Crippen LogP contribution >= 0.6 is 0 Å². The molecular formula is C11H9F5N2. The van der Waals surface area contributed by atoms with Crippen LogP contribution in [0.3, 0.4) is 0 Å². The number of halogens is 5. The molecule has 0 atom stereocenters. The molecule has 1 aromatic rings. The van der Waals surface area contributed by atoms with Gasteiger partial charge in [-0.1, -0.05) is 0 Å². The fraction of sp³-hybridized carbons (Fsp3) is 0.364. The third kappa shape index (κ3) is 3.32. The molecule has 0 heterocycles. The molecule has 0 unspecified atom stereocenters. The van der Waals surface area contributed by atoms with E-state index in [0.29, 0.717) is 6.07 Å². The van der Waals surface area contributed by atoms with Crippen LogP contribution in [0.15, 0.2) is 18.2 Å².